The molecule has 1 aliphatic heterocycles. The zero-order valence-electron chi connectivity index (χ0n) is 14.2. The molecule has 144 valence electrons. The van der Waals surface area contributed by atoms with Gasteiger partial charge in [0.25, 0.3) is 5.91 Å². The van der Waals surface area contributed by atoms with Crippen LogP contribution in [-0.2, 0) is 4.79 Å². The molecule has 2 N–H and O–H groups in total. The van der Waals surface area contributed by atoms with Gasteiger partial charge in [-0.1, -0.05) is 0 Å². The maximum atomic E-state index is 12.2. The van der Waals surface area contributed by atoms with Crippen LogP contribution in [-0.4, -0.2) is 80.1 Å². The topological polar surface area (TPSA) is 90.2 Å². The maximum absolute atomic E-state index is 12.2. The first kappa shape index (κ1) is 19.6. The SMILES string of the molecule is CN=C(NCC(=O)NCC(F)(F)F)N1CCN(C(=O)c2ccco2)CC1. The Morgan fingerprint density at radius 3 is 2.38 bits per heavy atom. The molecule has 0 bridgehead atoms. The molecule has 1 aromatic rings. The average Bonchev–Trinajstić information content (AvgIpc) is 3.14. The molecule has 1 aromatic heterocycles. The van der Waals surface area contributed by atoms with Crippen molar-refractivity contribution in [3.8, 4) is 0 Å². The Bertz CT molecular complexity index is 637. The van der Waals surface area contributed by atoms with Crippen LogP contribution in [0.3, 0.4) is 0 Å². The fourth-order valence-electron chi connectivity index (χ4n) is 2.43. The number of piperazine rings is 1. The van der Waals surface area contributed by atoms with Gasteiger partial charge in [-0.25, -0.2) is 0 Å². The van der Waals surface area contributed by atoms with Crippen LogP contribution in [0, 0.1) is 0 Å². The number of furan rings is 1. The average molecular weight is 375 g/mol. The largest absolute Gasteiger partial charge is 0.459 e. The van der Waals surface area contributed by atoms with E-state index in [0.717, 1.165) is 0 Å². The highest BCUT2D eigenvalue weighted by Crippen LogP contribution is 2.12. The van der Waals surface area contributed by atoms with E-state index in [1.807, 2.05) is 4.90 Å². The van der Waals surface area contributed by atoms with Crippen molar-refractivity contribution >= 4 is 17.8 Å². The molecule has 0 spiro atoms. The summed E-state index contributed by atoms with van der Waals surface area (Å²) in [6, 6.07) is 3.23. The highest BCUT2D eigenvalue weighted by molar-refractivity contribution is 5.92. The molecule has 2 rings (SSSR count). The molecule has 0 atom stereocenters. The minimum Gasteiger partial charge on any atom is -0.459 e. The summed E-state index contributed by atoms with van der Waals surface area (Å²) in [6.45, 7) is 0.0988. The van der Waals surface area contributed by atoms with Crippen LogP contribution in [0.15, 0.2) is 27.8 Å². The molecule has 0 aliphatic carbocycles. The summed E-state index contributed by atoms with van der Waals surface area (Å²) >= 11 is 0. The number of amides is 2. The Hall–Kier alpha value is -2.72. The number of rotatable bonds is 4. The van der Waals surface area contributed by atoms with Gasteiger partial charge in [-0.3, -0.25) is 14.6 Å². The molecule has 0 radical (unpaired) electrons. The fraction of sp³-hybridized carbons (Fsp3) is 0.533. The first-order valence-corrected chi connectivity index (χ1v) is 7.92. The van der Waals surface area contributed by atoms with E-state index in [0.29, 0.717) is 32.1 Å². The Labute approximate surface area is 148 Å². The quantitative estimate of drug-likeness (QED) is 0.583. The molecular formula is C15H20F3N5O3. The van der Waals surface area contributed by atoms with E-state index in [4.69, 9.17) is 4.42 Å². The number of hydrogen-bond acceptors (Lipinski definition) is 4. The number of carbonyl (C=O) groups excluding carboxylic acids is 2. The number of nitrogens with one attached hydrogen (secondary N) is 2. The van der Waals surface area contributed by atoms with Gasteiger partial charge < -0.3 is 24.9 Å². The highest BCUT2D eigenvalue weighted by atomic mass is 19.4. The third-order valence-electron chi connectivity index (χ3n) is 3.70. The van der Waals surface area contributed by atoms with Gasteiger partial charge in [-0.05, 0) is 12.1 Å². The van der Waals surface area contributed by atoms with E-state index in [2.05, 4.69) is 10.3 Å². The Balaban J connectivity index is 1.77. The monoisotopic (exact) mass is 375 g/mol. The first-order chi connectivity index (χ1) is 12.3. The third kappa shape index (κ3) is 5.67. The number of alkyl halides is 3. The van der Waals surface area contributed by atoms with Gasteiger partial charge in [0.2, 0.25) is 5.91 Å². The van der Waals surface area contributed by atoms with Crippen LogP contribution >= 0.6 is 0 Å². The molecule has 2 amide bonds. The summed E-state index contributed by atoms with van der Waals surface area (Å²) in [6.07, 6.45) is -3.02. The van der Waals surface area contributed by atoms with E-state index in [9.17, 15) is 22.8 Å². The summed E-state index contributed by atoms with van der Waals surface area (Å²) in [5, 5.41) is 4.50. The van der Waals surface area contributed by atoms with E-state index in [1.165, 1.54) is 13.3 Å². The van der Waals surface area contributed by atoms with Gasteiger partial charge >= 0.3 is 6.18 Å². The van der Waals surface area contributed by atoms with Crippen LogP contribution in [0.4, 0.5) is 13.2 Å². The van der Waals surface area contributed by atoms with Gasteiger partial charge in [0, 0.05) is 33.2 Å². The molecule has 1 fully saturated rings. The van der Waals surface area contributed by atoms with E-state index in [-0.39, 0.29) is 18.2 Å². The normalized spacial score (nSPS) is 15.8. The lowest BCUT2D eigenvalue weighted by Crippen LogP contribution is -2.54. The van der Waals surface area contributed by atoms with Gasteiger partial charge in [0.1, 0.15) is 6.54 Å². The van der Waals surface area contributed by atoms with Crippen molar-refractivity contribution in [3.05, 3.63) is 24.2 Å². The van der Waals surface area contributed by atoms with Crippen LogP contribution in [0.2, 0.25) is 0 Å². The van der Waals surface area contributed by atoms with Crippen molar-refractivity contribution in [1.29, 1.82) is 0 Å². The lowest BCUT2D eigenvalue weighted by molar-refractivity contribution is -0.137. The minimum absolute atomic E-state index is 0.205. The summed E-state index contributed by atoms with van der Waals surface area (Å²) < 4.78 is 41.3. The lowest BCUT2D eigenvalue weighted by atomic mass is 10.3. The molecular weight excluding hydrogens is 355 g/mol. The second kappa shape index (κ2) is 8.59. The fourth-order valence-corrected chi connectivity index (χ4v) is 2.43. The third-order valence-corrected chi connectivity index (χ3v) is 3.70. The van der Waals surface area contributed by atoms with E-state index in [1.54, 1.807) is 22.3 Å². The smallest absolute Gasteiger partial charge is 0.405 e. The number of nitrogens with zero attached hydrogens (tertiary/aromatic N) is 3. The van der Waals surface area contributed by atoms with Gasteiger partial charge in [0.05, 0.1) is 12.8 Å². The number of halogens is 3. The van der Waals surface area contributed by atoms with Crippen molar-refractivity contribution in [3.63, 3.8) is 0 Å². The van der Waals surface area contributed by atoms with E-state index < -0.39 is 18.6 Å². The van der Waals surface area contributed by atoms with Gasteiger partial charge in [0.15, 0.2) is 11.7 Å². The van der Waals surface area contributed by atoms with Crippen LogP contribution < -0.4 is 10.6 Å². The predicted molar refractivity (Wildman–Crippen MR) is 86.6 cm³/mol. The molecule has 0 unspecified atom stereocenters. The molecule has 8 nitrogen and oxygen atoms in total. The molecule has 1 aliphatic rings. The predicted octanol–water partition coefficient (Wildman–Crippen LogP) is 0.291. The highest BCUT2D eigenvalue weighted by Gasteiger charge is 2.28. The standard InChI is InChI=1S/C15H20F3N5O3/c1-19-14(20-9-12(24)21-10-15(16,17)18)23-6-4-22(5-7-23)13(25)11-3-2-8-26-11/h2-3,8H,4-7,9-10H2,1H3,(H,19,20)(H,21,24). The van der Waals surface area contributed by atoms with Crippen molar-refractivity contribution in [2.45, 2.75) is 6.18 Å². The van der Waals surface area contributed by atoms with Gasteiger partial charge in [-0.15, -0.1) is 0 Å². The summed E-state index contributed by atoms with van der Waals surface area (Å²) in [7, 11) is 1.51. The molecule has 11 heteroatoms. The Morgan fingerprint density at radius 1 is 1.19 bits per heavy atom. The van der Waals surface area contributed by atoms with Crippen molar-refractivity contribution in [1.82, 2.24) is 20.4 Å². The van der Waals surface area contributed by atoms with Crippen LogP contribution in [0.25, 0.3) is 0 Å². The van der Waals surface area contributed by atoms with E-state index >= 15 is 0 Å². The Morgan fingerprint density at radius 2 is 1.85 bits per heavy atom. The lowest BCUT2D eigenvalue weighted by Gasteiger charge is -2.36. The molecule has 26 heavy (non-hydrogen) atoms. The number of guanidine groups is 1. The van der Waals surface area contributed by atoms with Gasteiger partial charge in [-0.2, -0.15) is 13.2 Å². The zero-order chi connectivity index (χ0) is 19.2. The summed E-state index contributed by atoms with van der Waals surface area (Å²) in [5.74, 6) is -0.334. The molecule has 0 saturated carbocycles. The summed E-state index contributed by atoms with van der Waals surface area (Å²) in [5.41, 5.74) is 0. The first-order valence-electron chi connectivity index (χ1n) is 7.92. The van der Waals surface area contributed by atoms with Crippen LogP contribution in [0.5, 0.6) is 0 Å². The number of aliphatic imine (C=N–C) groups is 1. The maximum Gasteiger partial charge on any atom is 0.405 e. The molecule has 0 aromatic carbocycles. The minimum atomic E-state index is -4.45. The van der Waals surface area contributed by atoms with Crippen molar-refractivity contribution < 1.29 is 27.2 Å². The molecule has 2 heterocycles. The Kier molecular flexibility index (Phi) is 6.47. The van der Waals surface area contributed by atoms with Crippen molar-refractivity contribution in [2.75, 3.05) is 46.3 Å². The zero-order valence-corrected chi connectivity index (χ0v) is 14.2. The number of hydrogen-bond donors (Lipinski definition) is 2. The number of carbonyl (C=O) groups is 2. The van der Waals surface area contributed by atoms with Crippen LogP contribution in [0.1, 0.15) is 10.6 Å². The second-order valence-corrected chi connectivity index (χ2v) is 5.55. The molecule has 1 saturated heterocycles. The second-order valence-electron chi connectivity index (χ2n) is 5.55. The van der Waals surface area contributed by atoms with Crippen molar-refractivity contribution in [2.24, 2.45) is 4.99 Å². The summed E-state index contributed by atoms with van der Waals surface area (Å²) in [4.78, 5) is 31.1.